The van der Waals surface area contributed by atoms with Gasteiger partial charge in [0.15, 0.2) is 18.3 Å². The Kier molecular flexibility index (Phi) is 14.9. The van der Waals surface area contributed by atoms with Crippen molar-refractivity contribution in [3.05, 3.63) is 35.0 Å². The standard InChI is InChI=1S/C30H46ClN5O4/c1-24-28(31)30-33-29(35-36(30)34-24)25-17-16-18-26(21-25)32-22-39-23-40-27(38)19-14-12-10-8-6-4-2-3-5-7-9-11-13-15-20-37/h16-18,21,32,34,37H,2-15,19-20,22-23H2,1H3. The van der Waals surface area contributed by atoms with E-state index < -0.39 is 0 Å². The number of H-pyrrole nitrogens is 1. The van der Waals surface area contributed by atoms with E-state index in [1.807, 2.05) is 31.2 Å². The van der Waals surface area contributed by atoms with Crippen LogP contribution in [0.2, 0.25) is 5.02 Å². The molecule has 40 heavy (non-hydrogen) atoms. The lowest BCUT2D eigenvalue weighted by atomic mass is 10.0. The zero-order valence-corrected chi connectivity index (χ0v) is 24.7. The van der Waals surface area contributed by atoms with Crippen LogP contribution in [0.3, 0.4) is 0 Å². The lowest BCUT2D eigenvalue weighted by Crippen LogP contribution is -2.12. The van der Waals surface area contributed by atoms with Crippen LogP contribution in [0, 0.1) is 6.92 Å². The molecule has 0 bridgehead atoms. The molecule has 1 aromatic carbocycles. The van der Waals surface area contributed by atoms with Crippen LogP contribution >= 0.6 is 11.6 Å². The predicted octanol–water partition coefficient (Wildman–Crippen LogP) is 7.42. The summed E-state index contributed by atoms with van der Waals surface area (Å²) < 4.78 is 12.2. The summed E-state index contributed by atoms with van der Waals surface area (Å²) in [5.74, 6) is 0.355. The molecule has 0 fully saturated rings. The van der Waals surface area contributed by atoms with Crippen LogP contribution in [0.1, 0.15) is 102 Å². The van der Waals surface area contributed by atoms with E-state index in [2.05, 4.69) is 20.5 Å². The average molecular weight is 576 g/mol. The Bertz CT molecular complexity index is 1130. The monoisotopic (exact) mass is 575 g/mol. The number of carbonyl (C=O) groups is 1. The molecule has 0 spiro atoms. The number of esters is 1. The van der Waals surface area contributed by atoms with E-state index in [9.17, 15) is 4.79 Å². The zero-order chi connectivity index (χ0) is 28.4. The zero-order valence-electron chi connectivity index (χ0n) is 23.9. The third kappa shape index (κ3) is 11.5. The van der Waals surface area contributed by atoms with Gasteiger partial charge in [-0.15, -0.1) is 5.10 Å². The molecule has 0 aliphatic rings. The van der Waals surface area contributed by atoms with Crippen molar-refractivity contribution in [1.82, 2.24) is 19.8 Å². The molecule has 3 N–H and O–H groups in total. The van der Waals surface area contributed by atoms with Crippen LogP contribution in [-0.4, -0.2) is 51.0 Å². The molecule has 9 nitrogen and oxygen atoms in total. The van der Waals surface area contributed by atoms with Gasteiger partial charge in [-0.1, -0.05) is 101 Å². The summed E-state index contributed by atoms with van der Waals surface area (Å²) in [4.78, 5) is 16.5. The highest BCUT2D eigenvalue weighted by Gasteiger charge is 2.13. The van der Waals surface area contributed by atoms with Gasteiger partial charge in [-0.05, 0) is 31.9 Å². The summed E-state index contributed by atoms with van der Waals surface area (Å²) in [5.41, 5.74) is 3.10. The molecule has 0 atom stereocenters. The minimum absolute atomic E-state index is 0.0701. The van der Waals surface area contributed by atoms with Crippen LogP contribution in [0.4, 0.5) is 5.69 Å². The van der Waals surface area contributed by atoms with Gasteiger partial charge in [0.1, 0.15) is 11.8 Å². The molecule has 0 saturated carbocycles. The topological polar surface area (TPSA) is 114 Å². The van der Waals surface area contributed by atoms with Crippen LogP contribution in [0.5, 0.6) is 0 Å². The maximum absolute atomic E-state index is 11.9. The normalized spacial score (nSPS) is 11.4. The van der Waals surface area contributed by atoms with Crippen molar-refractivity contribution in [2.45, 2.75) is 103 Å². The van der Waals surface area contributed by atoms with E-state index in [1.54, 1.807) is 4.63 Å². The fourth-order valence-electron chi connectivity index (χ4n) is 4.66. The summed E-state index contributed by atoms with van der Waals surface area (Å²) >= 11 is 6.26. The molecular formula is C30H46ClN5O4. The second kappa shape index (κ2) is 18.7. The van der Waals surface area contributed by atoms with E-state index in [0.717, 1.165) is 42.6 Å². The molecule has 0 saturated heterocycles. The molecule has 2 heterocycles. The number of halogens is 1. The fourth-order valence-corrected chi connectivity index (χ4v) is 4.82. The molecule has 222 valence electrons. The number of hydrogen-bond donors (Lipinski definition) is 3. The first-order chi connectivity index (χ1) is 19.6. The van der Waals surface area contributed by atoms with Crippen LogP contribution in [0.25, 0.3) is 17.0 Å². The van der Waals surface area contributed by atoms with Crippen molar-refractivity contribution >= 4 is 28.9 Å². The van der Waals surface area contributed by atoms with Crippen molar-refractivity contribution in [3.8, 4) is 11.4 Å². The number of nitrogens with one attached hydrogen (secondary N) is 2. The number of benzene rings is 1. The molecule has 10 heteroatoms. The summed E-state index contributed by atoms with van der Waals surface area (Å²) in [5, 5.41) is 20.0. The quantitative estimate of drug-likeness (QED) is 0.0648. The lowest BCUT2D eigenvalue weighted by Gasteiger charge is -2.09. The van der Waals surface area contributed by atoms with Crippen LogP contribution < -0.4 is 5.32 Å². The number of anilines is 1. The van der Waals surface area contributed by atoms with Gasteiger partial charge >= 0.3 is 5.97 Å². The van der Waals surface area contributed by atoms with Gasteiger partial charge in [0.25, 0.3) is 0 Å². The number of nitrogens with zero attached hydrogens (tertiary/aromatic N) is 3. The number of aliphatic hydroxyl groups excluding tert-OH is 1. The summed E-state index contributed by atoms with van der Waals surface area (Å²) in [7, 11) is 0. The highest BCUT2D eigenvalue weighted by Crippen LogP contribution is 2.24. The number of rotatable bonds is 22. The minimum Gasteiger partial charge on any atom is -0.438 e. The van der Waals surface area contributed by atoms with Gasteiger partial charge < -0.3 is 19.9 Å². The number of carbonyl (C=O) groups excluding carboxylic acids is 1. The molecule has 0 amide bonds. The summed E-state index contributed by atoms with van der Waals surface area (Å²) in [6.45, 7) is 2.34. The molecule has 0 aliphatic heterocycles. The van der Waals surface area contributed by atoms with E-state index in [1.165, 1.54) is 64.2 Å². The van der Waals surface area contributed by atoms with E-state index >= 15 is 0 Å². The first-order valence-corrected chi connectivity index (χ1v) is 15.3. The third-order valence-electron chi connectivity index (χ3n) is 7.00. The maximum Gasteiger partial charge on any atom is 0.307 e. The molecule has 0 aliphatic carbocycles. The Morgan fingerprint density at radius 2 is 1.60 bits per heavy atom. The van der Waals surface area contributed by atoms with Gasteiger partial charge in [-0.25, -0.2) is 4.98 Å². The lowest BCUT2D eigenvalue weighted by molar-refractivity contribution is -0.155. The SMILES string of the molecule is Cc1[nH]n2nc(-c3cccc(NCOCOC(=O)CCCCCCCCCCCCCCCCO)c3)nc2c1Cl. The third-order valence-corrected chi connectivity index (χ3v) is 7.45. The average Bonchev–Trinajstić information content (AvgIpc) is 3.49. The molecule has 0 unspecified atom stereocenters. The highest BCUT2D eigenvalue weighted by atomic mass is 35.5. The smallest absolute Gasteiger partial charge is 0.307 e. The Balaban J connectivity index is 1.14. The van der Waals surface area contributed by atoms with Crippen molar-refractivity contribution in [1.29, 1.82) is 0 Å². The van der Waals surface area contributed by atoms with Crippen LogP contribution in [-0.2, 0) is 14.3 Å². The number of hydrogen-bond acceptors (Lipinski definition) is 7. The first kappa shape index (κ1) is 31.9. The van der Waals surface area contributed by atoms with Gasteiger partial charge in [0.2, 0.25) is 0 Å². The van der Waals surface area contributed by atoms with Crippen molar-refractivity contribution in [2.24, 2.45) is 0 Å². The second-order valence-corrected chi connectivity index (χ2v) is 10.8. The molecule has 3 rings (SSSR count). The van der Waals surface area contributed by atoms with Crippen molar-refractivity contribution < 1.29 is 19.4 Å². The van der Waals surface area contributed by atoms with E-state index in [-0.39, 0.29) is 19.5 Å². The number of aromatic nitrogens is 4. The molecular weight excluding hydrogens is 530 g/mol. The van der Waals surface area contributed by atoms with Gasteiger partial charge in [-0.2, -0.15) is 4.63 Å². The number of aliphatic hydroxyl groups is 1. The number of ether oxygens (including phenoxy) is 2. The first-order valence-electron chi connectivity index (χ1n) is 14.9. The highest BCUT2D eigenvalue weighted by molar-refractivity contribution is 6.34. The Morgan fingerprint density at radius 3 is 2.23 bits per heavy atom. The van der Waals surface area contributed by atoms with Gasteiger partial charge in [0.05, 0.1) is 5.69 Å². The molecule has 2 aromatic heterocycles. The second-order valence-electron chi connectivity index (χ2n) is 10.4. The minimum atomic E-state index is -0.214. The molecule has 3 aromatic rings. The Labute approximate surface area is 243 Å². The Hall–Kier alpha value is -2.62. The van der Waals surface area contributed by atoms with Crippen molar-refractivity contribution in [2.75, 3.05) is 25.4 Å². The number of unbranched alkanes of at least 4 members (excludes halogenated alkanes) is 13. The summed E-state index contributed by atoms with van der Waals surface area (Å²) in [6, 6.07) is 7.68. The van der Waals surface area contributed by atoms with Crippen LogP contribution in [0.15, 0.2) is 24.3 Å². The predicted molar refractivity (Wildman–Crippen MR) is 159 cm³/mol. The van der Waals surface area contributed by atoms with Crippen molar-refractivity contribution in [3.63, 3.8) is 0 Å². The fraction of sp³-hybridized carbons (Fsp3) is 0.633. The number of aromatic amines is 1. The Morgan fingerprint density at radius 1 is 0.975 bits per heavy atom. The number of aryl methyl sites for hydroxylation is 1. The maximum atomic E-state index is 11.9. The van der Waals surface area contributed by atoms with Gasteiger partial charge in [0, 0.05) is 24.3 Å². The van der Waals surface area contributed by atoms with Gasteiger partial charge in [-0.3, -0.25) is 9.89 Å². The summed E-state index contributed by atoms with van der Waals surface area (Å²) in [6.07, 6.45) is 17.4. The van der Waals surface area contributed by atoms with E-state index in [4.69, 9.17) is 26.2 Å². The number of fused-ring (bicyclic) bond motifs is 1. The van der Waals surface area contributed by atoms with E-state index in [0.29, 0.717) is 29.5 Å². The largest absolute Gasteiger partial charge is 0.438 e. The molecule has 0 radical (unpaired) electrons.